The summed E-state index contributed by atoms with van der Waals surface area (Å²) in [5.41, 5.74) is 8.04. The fourth-order valence-electron chi connectivity index (χ4n) is 2.24. The fourth-order valence-corrected chi connectivity index (χ4v) is 2.24. The molecule has 3 heteroatoms. The monoisotopic (exact) mass is 217 g/mol. The Morgan fingerprint density at radius 2 is 1.81 bits per heavy atom. The molecule has 16 heavy (non-hydrogen) atoms. The Balaban J connectivity index is 2.31. The molecule has 1 saturated heterocycles. The molecule has 1 fully saturated rings. The van der Waals surface area contributed by atoms with Gasteiger partial charge >= 0.3 is 6.92 Å². The molecule has 2 nitrogen and oxygen atoms in total. The highest BCUT2D eigenvalue weighted by atomic mass is 16.5. The Bertz CT molecular complexity index is 385. The van der Waals surface area contributed by atoms with Crippen LogP contribution in [0.3, 0.4) is 0 Å². The number of benzene rings is 1. The van der Waals surface area contributed by atoms with Crippen LogP contribution in [0.15, 0.2) is 24.3 Å². The summed E-state index contributed by atoms with van der Waals surface area (Å²) in [6.45, 7) is 8.96. The Morgan fingerprint density at radius 1 is 1.19 bits per heavy atom. The summed E-state index contributed by atoms with van der Waals surface area (Å²) in [6, 6.07) is 7.99. The van der Waals surface area contributed by atoms with Crippen LogP contribution in [-0.2, 0) is 4.65 Å². The van der Waals surface area contributed by atoms with Gasteiger partial charge in [-0.15, -0.1) is 0 Å². The van der Waals surface area contributed by atoms with Crippen molar-refractivity contribution in [3.63, 3.8) is 0 Å². The average molecular weight is 217 g/mol. The van der Waals surface area contributed by atoms with E-state index in [9.17, 15) is 0 Å². The van der Waals surface area contributed by atoms with Crippen LogP contribution >= 0.6 is 0 Å². The lowest BCUT2D eigenvalue weighted by molar-refractivity contribution is 0.0375. The number of para-hydroxylation sites is 1. The molecule has 0 unspecified atom stereocenters. The highest BCUT2D eigenvalue weighted by Crippen LogP contribution is 2.45. The normalized spacial score (nSPS) is 22.4. The van der Waals surface area contributed by atoms with Gasteiger partial charge in [0.05, 0.1) is 5.60 Å². The van der Waals surface area contributed by atoms with E-state index in [4.69, 9.17) is 10.4 Å². The van der Waals surface area contributed by atoms with Gasteiger partial charge in [-0.25, -0.2) is 0 Å². The van der Waals surface area contributed by atoms with E-state index in [0.717, 1.165) is 17.5 Å². The van der Waals surface area contributed by atoms with Crippen molar-refractivity contribution in [2.24, 2.45) is 5.41 Å². The second-order valence-corrected chi connectivity index (χ2v) is 5.83. The first-order chi connectivity index (χ1) is 7.33. The molecule has 0 spiro atoms. The van der Waals surface area contributed by atoms with Gasteiger partial charge in [0.15, 0.2) is 0 Å². The lowest BCUT2D eigenvalue weighted by atomic mass is 9.54. The Hall–Kier alpha value is -0.955. The maximum Gasteiger partial charge on any atom is 0.330 e. The van der Waals surface area contributed by atoms with Crippen LogP contribution in [0, 0.1) is 5.41 Å². The van der Waals surface area contributed by atoms with Crippen molar-refractivity contribution in [1.82, 2.24) is 0 Å². The zero-order valence-electron chi connectivity index (χ0n) is 10.6. The number of anilines is 1. The number of hydrogen-bond donors (Lipinski definition) is 1. The Labute approximate surface area is 98.3 Å². The first kappa shape index (κ1) is 11.5. The van der Waals surface area contributed by atoms with Crippen molar-refractivity contribution in [2.45, 2.75) is 39.6 Å². The molecule has 86 valence electrons. The van der Waals surface area contributed by atoms with Gasteiger partial charge in [-0.05, 0) is 37.1 Å². The maximum atomic E-state index is 6.15. The summed E-state index contributed by atoms with van der Waals surface area (Å²) < 4.78 is 6.15. The van der Waals surface area contributed by atoms with Crippen LogP contribution in [-0.4, -0.2) is 12.5 Å². The Morgan fingerprint density at radius 3 is 2.31 bits per heavy atom. The third-order valence-electron chi connectivity index (χ3n) is 4.11. The average Bonchev–Trinajstić information content (AvgIpc) is 2.36. The van der Waals surface area contributed by atoms with E-state index in [0.29, 0.717) is 0 Å². The molecule has 1 aliphatic heterocycles. The van der Waals surface area contributed by atoms with Gasteiger partial charge in [0.2, 0.25) is 0 Å². The lowest BCUT2D eigenvalue weighted by Gasteiger charge is -2.34. The summed E-state index contributed by atoms with van der Waals surface area (Å²) in [7, 11) is 0. The van der Waals surface area contributed by atoms with Gasteiger partial charge in [0, 0.05) is 5.69 Å². The van der Waals surface area contributed by atoms with Crippen LogP contribution in [0.1, 0.15) is 27.7 Å². The molecular weight excluding hydrogens is 197 g/mol. The van der Waals surface area contributed by atoms with Crippen LogP contribution < -0.4 is 11.2 Å². The predicted octanol–water partition coefficient (Wildman–Crippen LogP) is 2.30. The van der Waals surface area contributed by atoms with Gasteiger partial charge in [-0.2, -0.15) is 0 Å². The molecule has 1 aliphatic rings. The summed E-state index contributed by atoms with van der Waals surface area (Å²) in [5, 5.41) is 0. The SMILES string of the molecule is CC1(C)CB(c2ccccc2N)OC1(C)C. The molecule has 0 amide bonds. The molecule has 0 bridgehead atoms. The molecule has 1 aromatic rings. The van der Waals surface area contributed by atoms with Crippen molar-refractivity contribution < 1.29 is 4.65 Å². The second kappa shape index (κ2) is 3.52. The van der Waals surface area contributed by atoms with Crippen LogP contribution in [0.5, 0.6) is 0 Å². The molecule has 1 heterocycles. The molecule has 0 aromatic heterocycles. The van der Waals surface area contributed by atoms with E-state index >= 15 is 0 Å². The largest absolute Gasteiger partial charge is 0.425 e. The minimum absolute atomic E-state index is 0.0973. The topological polar surface area (TPSA) is 35.2 Å². The second-order valence-electron chi connectivity index (χ2n) is 5.83. The van der Waals surface area contributed by atoms with Gasteiger partial charge in [0.25, 0.3) is 0 Å². The highest BCUT2D eigenvalue weighted by Gasteiger charge is 2.50. The van der Waals surface area contributed by atoms with Gasteiger partial charge < -0.3 is 10.4 Å². The van der Waals surface area contributed by atoms with Crippen LogP contribution in [0.4, 0.5) is 5.69 Å². The molecule has 1 aromatic carbocycles. The standard InChI is InChI=1S/C13H20BNO/c1-12(2)9-14(16-13(12,3)4)10-7-5-6-8-11(10)15/h5-8H,9,15H2,1-4H3. The third-order valence-corrected chi connectivity index (χ3v) is 4.11. The van der Waals surface area contributed by atoms with Gasteiger partial charge in [-0.3, -0.25) is 0 Å². The summed E-state index contributed by atoms with van der Waals surface area (Å²) >= 11 is 0. The third kappa shape index (κ3) is 1.73. The van der Waals surface area contributed by atoms with Crippen molar-refractivity contribution in [1.29, 1.82) is 0 Å². The minimum Gasteiger partial charge on any atom is -0.425 e. The molecule has 2 N–H and O–H groups in total. The molecular formula is C13H20BNO. The minimum atomic E-state index is -0.0973. The van der Waals surface area contributed by atoms with Crippen molar-refractivity contribution in [3.05, 3.63) is 24.3 Å². The zero-order chi connectivity index (χ0) is 12.0. The van der Waals surface area contributed by atoms with E-state index < -0.39 is 0 Å². The zero-order valence-corrected chi connectivity index (χ0v) is 10.6. The molecule has 0 radical (unpaired) electrons. The smallest absolute Gasteiger partial charge is 0.330 e. The van der Waals surface area contributed by atoms with E-state index in [2.05, 4.69) is 33.8 Å². The molecule has 0 aliphatic carbocycles. The highest BCUT2D eigenvalue weighted by molar-refractivity contribution is 6.69. The van der Waals surface area contributed by atoms with E-state index in [1.54, 1.807) is 0 Å². The van der Waals surface area contributed by atoms with Crippen molar-refractivity contribution in [3.8, 4) is 0 Å². The molecule has 2 rings (SSSR count). The number of nitrogen functional groups attached to an aromatic ring is 1. The lowest BCUT2D eigenvalue weighted by Crippen LogP contribution is -2.36. The first-order valence-electron chi connectivity index (χ1n) is 5.86. The quantitative estimate of drug-likeness (QED) is 0.578. The number of rotatable bonds is 1. The van der Waals surface area contributed by atoms with Gasteiger partial charge in [0.1, 0.15) is 0 Å². The maximum absolute atomic E-state index is 6.15. The summed E-state index contributed by atoms with van der Waals surface area (Å²) in [5.74, 6) is 0. The first-order valence-corrected chi connectivity index (χ1v) is 5.86. The fraction of sp³-hybridized carbons (Fsp3) is 0.538. The summed E-state index contributed by atoms with van der Waals surface area (Å²) in [6.07, 6.45) is 1.02. The Kier molecular flexibility index (Phi) is 2.54. The van der Waals surface area contributed by atoms with Crippen molar-refractivity contribution >= 4 is 18.1 Å². The van der Waals surface area contributed by atoms with Crippen LogP contribution in [0.25, 0.3) is 0 Å². The van der Waals surface area contributed by atoms with Gasteiger partial charge in [-0.1, -0.05) is 32.0 Å². The molecule has 0 atom stereocenters. The number of nitrogens with two attached hydrogens (primary N) is 1. The van der Waals surface area contributed by atoms with Crippen LogP contribution in [0.2, 0.25) is 6.32 Å². The number of hydrogen-bond acceptors (Lipinski definition) is 2. The van der Waals surface area contributed by atoms with E-state index in [1.807, 2.05) is 18.2 Å². The van der Waals surface area contributed by atoms with E-state index in [1.165, 1.54) is 0 Å². The van der Waals surface area contributed by atoms with Crippen molar-refractivity contribution in [2.75, 3.05) is 5.73 Å². The van der Waals surface area contributed by atoms with E-state index in [-0.39, 0.29) is 17.9 Å². The predicted molar refractivity (Wildman–Crippen MR) is 70.0 cm³/mol. The molecule has 0 saturated carbocycles. The summed E-state index contributed by atoms with van der Waals surface area (Å²) in [4.78, 5) is 0.